The molecule has 0 aliphatic carbocycles. The van der Waals surface area contributed by atoms with Crippen molar-refractivity contribution in [3.63, 3.8) is 0 Å². The van der Waals surface area contributed by atoms with Crippen molar-refractivity contribution < 1.29 is 24.5 Å². The molecule has 0 aliphatic heterocycles. The van der Waals surface area contributed by atoms with E-state index in [0.29, 0.717) is 19.4 Å². The molecule has 0 saturated carbocycles. The summed E-state index contributed by atoms with van der Waals surface area (Å²) in [6.07, 6.45) is 101. The van der Waals surface area contributed by atoms with Crippen LogP contribution in [0.4, 0.5) is 0 Å². The van der Waals surface area contributed by atoms with E-state index in [1.165, 1.54) is 417 Å². The molecule has 6 nitrogen and oxygen atoms in total. The van der Waals surface area contributed by atoms with Gasteiger partial charge >= 0.3 is 5.97 Å². The van der Waals surface area contributed by atoms with E-state index >= 15 is 0 Å². The Bertz CT molecular complexity index is 1350. The molecule has 1 amide bonds. The summed E-state index contributed by atoms with van der Waals surface area (Å²) < 4.78 is 5.52. The summed E-state index contributed by atoms with van der Waals surface area (Å²) >= 11 is 0. The van der Waals surface area contributed by atoms with Crippen LogP contribution in [-0.2, 0) is 14.3 Å². The monoisotopic (exact) mass is 1250 g/mol. The lowest BCUT2D eigenvalue weighted by Crippen LogP contribution is -2.45. The largest absolute Gasteiger partial charge is 0.466 e. The molecule has 0 spiro atoms. The van der Waals surface area contributed by atoms with E-state index in [2.05, 4.69) is 19.2 Å². The van der Waals surface area contributed by atoms with Gasteiger partial charge in [0.1, 0.15) is 0 Å². The van der Waals surface area contributed by atoms with Crippen molar-refractivity contribution in [3.05, 3.63) is 12.2 Å². The lowest BCUT2D eigenvalue weighted by Gasteiger charge is -2.20. The van der Waals surface area contributed by atoms with E-state index in [0.717, 1.165) is 38.5 Å². The molecule has 0 aliphatic rings. The second kappa shape index (κ2) is 79.0. The average molecular weight is 1260 g/mol. The number of esters is 1. The Morgan fingerprint density at radius 2 is 0.517 bits per heavy atom. The molecule has 0 heterocycles. The smallest absolute Gasteiger partial charge is 0.305 e. The molecule has 0 rings (SSSR count). The zero-order valence-corrected chi connectivity index (χ0v) is 61.0. The minimum atomic E-state index is -0.844. The number of allylic oxidation sites excluding steroid dienone is 1. The fourth-order valence-electron chi connectivity index (χ4n) is 13.5. The van der Waals surface area contributed by atoms with Crippen molar-refractivity contribution >= 4 is 11.9 Å². The maximum absolute atomic E-state index is 12.6. The Morgan fingerprint density at radius 1 is 0.303 bits per heavy atom. The number of unbranched alkanes of at least 4 members (excludes halogenated alkanes) is 68. The summed E-state index contributed by atoms with van der Waals surface area (Å²) in [6, 6.07) is -0.627. The summed E-state index contributed by atoms with van der Waals surface area (Å²) in [4.78, 5) is 24.7. The normalized spacial score (nSPS) is 12.4. The second-order valence-electron chi connectivity index (χ2n) is 28.8. The standard InChI is InChI=1S/C83H163NO5/c1-3-5-7-9-11-13-15-17-19-21-23-24-25-30-33-36-40-43-47-51-55-59-63-67-71-75-81(86)80(79-85)84-82(87)76-72-68-64-60-56-52-48-44-41-37-34-31-28-26-27-29-32-35-38-42-46-50-54-58-62-66-70-74-78-89-83(88)77-73-69-65-61-57-53-49-45-39-22-20-18-16-14-12-10-8-6-4-2/h71,75,80-81,85-86H,3-70,72-74,76-79H2,1-2H3,(H,84,87)/b75-71+. The quantitative estimate of drug-likeness (QED) is 0.0320. The van der Waals surface area contributed by atoms with E-state index < -0.39 is 12.1 Å². The molecular weight excluding hydrogens is 1090 g/mol. The van der Waals surface area contributed by atoms with Gasteiger partial charge in [0.15, 0.2) is 0 Å². The first kappa shape index (κ1) is 87.6. The van der Waals surface area contributed by atoms with Crippen LogP contribution in [-0.4, -0.2) is 47.4 Å². The van der Waals surface area contributed by atoms with E-state index in [4.69, 9.17) is 4.74 Å². The zero-order valence-electron chi connectivity index (χ0n) is 61.0. The molecule has 2 unspecified atom stereocenters. The number of ether oxygens (including phenoxy) is 1. The van der Waals surface area contributed by atoms with Crippen LogP contribution in [0, 0.1) is 0 Å². The summed E-state index contributed by atoms with van der Waals surface area (Å²) in [5, 5.41) is 23.3. The van der Waals surface area contributed by atoms with Crippen molar-refractivity contribution in [3.8, 4) is 0 Å². The Kier molecular flexibility index (Phi) is 77.8. The van der Waals surface area contributed by atoms with Crippen molar-refractivity contribution in [1.82, 2.24) is 5.32 Å². The summed E-state index contributed by atoms with van der Waals surface area (Å²) in [5.41, 5.74) is 0. The topological polar surface area (TPSA) is 95.9 Å². The minimum absolute atomic E-state index is 0.0248. The van der Waals surface area contributed by atoms with Gasteiger partial charge in [-0.15, -0.1) is 0 Å². The molecule has 530 valence electrons. The zero-order chi connectivity index (χ0) is 64.2. The third-order valence-electron chi connectivity index (χ3n) is 19.8. The number of nitrogens with one attached hydrogen (secondary N) is 1. The second-order valence-corrected chi connectivity index (χ2v) is 28.8. The Labute approximate surface area is 559 Å². The predicted molar refractivity (Wildman–Crippen MR) is 394 cm³/mol. The summed E-state index contributed by atoms with van der Waals surface area (Å²) in [7, 11) is 0. The number of carbonyl (C=O) groups excluding carboxylic acids is 2. The molecule has 0 saturated heterocycles. The molecule has 6 heteroatoms. The van der Waals surface area contributed by atoms with Crippen LogP contribution in [0.2, 0.25) is 0 Å². The lowest BCUT2D eigenvalue weighted by atomic mass is 10.0. The first-order chi connectivity index (χ1) is 44.0. The van der Waals surface area contributed by atoms with Gasteiger partial charge in [0.2, 0.25) is 5.91 Å². The maximum atomic E-state index is 12.6. The number of rotatable bonds is 79. The SMILES string of the molecule is CCCCCCCCCCCCCCCCCCCCCCCCC/C=C/C(O)C(CO)NC(=O)CCCCCCCCCCCCCCCCCCCCCCCCCCCCCCOC(=O)CCCCCCCCCCCCCCCCCCCCC. The molecule has 0 aromatic carbocycles. The van der Waals surface area contributed by atoms with Gasteiger partial charge in [0.05, 0.1) is 25.4 Å². The van der Waals surface area contributed by atoms with E-state index in [1.807, 2.05) is 6.08 Å². The van der Waals surface area contributed by atoms with Crippen LogP contribution < -0.4 is 5.32 Å². The van der Waals surface area contributed by atoms with Gasteiger partial charge in [-0.2, -0.15) is 0 Å². The van der Waals surface area contributed by atoms with Crippen molar-refractivity contribution in [2.45, 2.75) is 495 Å². The van der Waals surface area contributed by atoms with Gasteiger partial charge in [-0.3, -0.25) is 9.59 Å². The minimum Gasteiger partial charge on any atom is -0.466 e. The van der Waals surface area contributed by atoms with Crippen molar-refractivity contribution in [2.24, 2.45) is 0 Å². The van der Waals surface area contributed by atoms with E-state index in [9.17, 15) is 19.8 Å². The molecule has 0 bridgehead atoms. The summed E-state index contributed by atoms with van der Waals surface area (Å²) in [6.45, 7) is 4.97. The molecule has 2 atom stereocenters. The number of amides is 1. The summed E-state index contributed by atoms with van der Waals surface area (Å²) in [5.74, 6) is -0.0338. The Balaban J connectivity index is 3.35. The van der Waals surface area contributed by atoms with Crippen molar-refractivity contribution in [2.75, 3.05) is 13.2 Å². The van der Waals surface area contributed by atoms with E-state index in [1.54, 1.807) is 6.08 Å². The number of carbonyl (C=O) groups is 2. The van der Waals surface area contributed by atoms with E-state index in [-0.39, 0.29) is 18.5 Å². The third-order valence-corrected chi connectivity index (χ3v) is 19.8. The van der Waals surface area contributed by atoms with Crippen molar-refractivity contribution in [1.29, 1.82) is 0 Å². The van der Waals surface area contributed by atoms with Crippen LogP contribution >= 0.6 is 0 Å². The van der Waals surface area contributed by atoms with Gasteiger partial charge in [0.25, 0.3) is 0 Å². The fraction of sp³-hybridized carbons (Fsp3) is 0.952. The van der Waals surface area contributed by atoms with Crippen LogP contribution in [0.15, 0.2) is 12.2 Å². The average Bonchev–Trinajstić information content (AvgIpc) is 3.59. The molecule has 0 aromatic heterocycles. The number of hydrogen-bond donors (Lipinski definition) is 3. The predicted octanol–water partition coefficient (Wildman–Crippen LogP) is 27.4. The molecule has 0 aromatic rings. The van der Waals surface area contributed by atoms with Crippen LogP contribution in [0.25, 0.3) is 0 Å². The Morgan fingerprint density at radius 3 is 0.764 bits per heavy atom. The molecule has 0 radical (unpaired) electrons. The van der Waals surface area contributed by atoms with Crippen LogP contribution in [0.3, 0.4) is 0 Å². The maximum Gasteiger partial charge on any atom is 0.305 e. The number of aliphatic hydroxyl groups is 2. The first-order valence-electron chi connectivity index (χ1n) is 41.5. The van der Waals surface area contributed by atoms with Gasteiger partial charge in [0, 0.05) is 12.8 Å². The Hall–Kier alpha value is -1.40. The molecule has 0 fully saturated rings. The molecule has 3 N–H and O–H groups in total. The highest BCUT2D eigenvalue weighted by atomic mass is 16.5. The van der Waals surface area contributed by atoms with Gasteiger partial charge in [-0.1, -0.05) is 450 Å². The number of hydrogen-bond acceptors (Lipinski definition) is 5. The fourth-order valence-corrected chi connectivity index (χ4v) is 13.5. The highest BCUT2D eigenvalue weighted by molar-refractivity contribution is 5.76. The molecule has 89 heavy (non-hydrogen) atoms. The number of aliphatic hydroxyl groups excluding tert-OH is 2. The lowest BCUT2D eigenvalue weighted by molar-refractivity contribution is -0.143. The third kappa shape index (κ3) is 75.5. The highest BCUT2D eigenvalue weighted by Gasteiger charge is 2.18. The van der Waals surface area contributed by atoms with Gasteiger partial charge < -0.3 is 20.3 Å². The van der Waals surface area contributed by atoms with Gasteiger partial charge in [-0.05, 0) is 32.1 Å². The van der Waals surface area contributed by atoms with Gasteiger partial charge in [-0.25, -0.2) is 0 Å². The molecular formula is C83H163NO5. The first-order valence-corrected chi connectivity index (χ1v) is 41.5. The van der Waals surface area contributed by atoms with Crippen LogP contribution in [0.1, 0.15) is 483 Å². The van der Waals surface area contributed by atoms with Crippen LogP contribution in [0.5, 0.6) is 0 Å². The highest BCUT2D eigenvalue weighted by Crippen LogP contribution is 2.21.